The third-order valence-electron chi connectivity index (χ3n) is 6.48. The minimum atomic E-state index is -0.524. The molecule has 1 saturated heterocycles. The molecule has 0 radical (unpaired) electrons. The van der Waals surface area contributed by atoms with Crippen molar-refractivity contribution in [1.29, 1.82) is 0 Å². The zero-order valence-electron chi connectivity index (χ0n) is 21.4. The van der Waals surface area contributed by atoms with Gasteiger partial charge in [0, 0.05) is 43.1 Å². The number of esters is 1. The monoisotopic (exact) mass is 524 g/mol. The van der Waals surface area contributed by atoms with Gasteiger partial charge in [0.25, 0.3) is 0 Å². The van der Waals surface area contributed by atoms with E-state index in [1.54, 1.807) is 0 Å². The van der Waals surface area contributed by atoms with E-state index in [0.717, 1.165) is 16.5 Å². The minimum Gasteiger partial charge on any atom is -0.467 e. The number of urea groups is 1. The molecule has 0 bridgehead atoms. The van der Waals surface area contributed by atoms with Gasteiger partial charge in [0.05, 0.1) is 19.2 Å². The predicted octanol–water partition coefficient (Wildman–Crippen LogP) is 3.92. The van der Waals surface area contributed by atoms with Gasteiger partial charge in [-0.1, -0.05) is 55.8 Å². The number of para-hydroxylation sites is 1. The number of benzene rings is 2. The average Bonchev–Trinajstić information content (AvgIpc) is 2.90. The highest BCUT2D eigenvalue weighted by atomic mass is 35.5. The van der Waals surface area contributed by atoms with Crippen molar-refractivity contribution < 1.29 is 14.3 Å². The van der Waals surface area contributed by atoms with Gasteiger partial charge in [-0.15, -0.1) is 0 Å². The summed E-state index contributed by atoms with van der Waals surface area (Å²) in [6.07, 6.45) is 0. The Morgan fingerprint density at radius 3 is 2.43 bits per heavy atom. The van der Waals surface area contributed by atoms with E-state index in [4.69, 9.17) is 26.3 Å². The Morgan fingerprint density at radius 1 is 1.03 bits per heavy atom. The Kier molecular flexibility index (Phi) is 8.78. The number of carbonyl (C=O) groups excluding carboxylic acids is 2. The van der Waals surface area contributed by atoms with Crippen LogP contribution in [0, 0.1) is 5.92 Å². The maximum absolute atomic E-state index is 12.7. The van der Waals surface area contributed by atoms with E-state index in [2.05, 4.69) is 15.5 Å². The van der Waals surface area contributed by atoms with Crippen LogP contribution in [-0.4, -0.2) is 71.1 Å². The number of nitrogens with one attached hydrogen (secondary N) is 2. The van der Waals surface area contributed by atoms with E-state index in [1.807, 2.05) is 67.3 Å². The molecule has 196 valence electrons. The summed E-state index contributed by atoms with van der Waals surface area (Å²) in [5.41, 5.74) is 1.70. The van der Waals surface area contributed by atoms with Crippen LogP contribution in [0.3, 0.4) is 0 Å². The van der Waals surface area contributed by atoms with Crippen molar-refractivity contribution in [2.45, 2.75) is 33.0 Å². The molecule has 1 aliphatic rings. The van der Waals surface area contributed by atoms with Crippen LogP contribution < -0.4 is 10.6 Å². The molecule has 9 nitrogen and oxygen atoms in total. The van der Waals surface area contributed by atoms with E-state index < -0.39 is 6.04 Å². The van der Waals surface area contributed by atoms with E-state index in [9.17, 15) is 9.59 Å². The molecule has 4 rings (SSSR count). The summed E-state index contributed by atoms with van der Waals surface area (Å²) in [4.78, 5) is 38.6. The SMILES string of the molecule is COC(=O)[C@@H](Nc1nc(CN2CCN(C(=O)NCc3ccccc3Cl)CC2)nc2ccccc12)C(C)C. The Balaban J connectivity index is 1.39. The second-order valence-corrected chi connectivity index (χ2v) is 9.82. The van der Waals surface area contributed by atoms with E-state index >= 15 is 0 Å². The molecule has 2 N–H and O–H groups in total. The molecule has 1 atom stereocenters. The van der Waals surface area contributed by atoms with Gasteiger partial charge < -0.3 is 20.3 Å². The van der Waals surface area contributed by atoms with Crippen molar-refractivity contribution in [3.63, 3.8) is 0 Å². The molecule has 37 heavy (non-hydrogen) atoms. The summed E-state index contributed by atoms with van der Waals surface area (Å²) in [5, 5.41) is 7.73. The molecule has 10 heteroatoms. The van der Waals surface area contributed by atoms with Gasteiger partial charge >= 0.3 is 12.0 Å². The second kappa shape index (κ2) is 12.2. The zero-order chi connectivity index (χ0) is 26.4. The topological polar surface area (TPSA) is 99.7 Å². The van der Waals surface area contributed by atoms with Crippen LogP contribution in [-0.2, 0) is 22.6 Å². The van der Waals surface area contributed by atoms with Crippen LogP contribution in [0.15, 0.2) is 48.5 Å². The normalized spacial score (nSPS) is 15.0. The molecule has 0 unspecified atom stereocenters. The molecule has 0 saturated carbocycles. The van der Waals surface area contributed by atoms with Gasteiger partial charge in [-0.2, -0.15) is 0 Å². The summed E-state index contributed by atoms with van der Waals surface area (Å²) < 4.78 is 4.99. The fourth-order valence-corrected chi connectivity index (χ4v) is 4.51. The Hall–Kier alpha value is -3.43. The number of methoxy groups -OCH3 is 1. The summed E-state index contributed by atoms with van der Waals surface area (Å²) in [5.74, 6) is 0.956. The standard InChI is InChI=1S/C27H33ClN6O3/c1-18(2)24(26(35)37-3)32-25-20-9-5-7-11-22(20)30-23(31-25)17-33-12-14-34(15-13-33)27(36)29-16-19-8-4-6-10-21(19)28/h4-11,18,24H,12-17H2,1-3H3,(H,29,36)(H,30,31,32)/t24-/m0/s1. The number of nitrogens with zero attached hydrogens (tertiary/aromatic N) is 4. The summed E-state index contributed by atoms with van der Waals surface area (Å²) in [6, 6.07) is 14.6. The van der Waals surface area contributed by atoms with Crippen LogP contribution >= 0.6 is 11.6 Å². The zero-order valence-corrected chi connectivity index (χ0v) is 22.2. The van der Waals surface area contributed by atoms with Crippen molar-refractivity contribution in [3.05, 3.63) is 64.9 Å². The quantitative estimate of drug-likeness (QED) is 0.431. The molecule has 0 spiro atoms. The summed E-state index contributed by atoms with van der Waals surface area (Å²) >= 11 is 6.19. The van der Waals surface area contributed by atoms with Gasteiger partial charge in [-0.05, 0) is 29.7 Å². The predicted molar refractivity (Wildman–Crippen MR) is 144 cm³/mol. The number of rotatable bonds is 8. The number of aromatic nitrogens is 2. The van der Waals surface area contributed by atoms with Crippen molar-refractivity contribution in [2.24, 2.45) is 5.92 Å². The highest BCUT2D eigenvalue weighted by molar-refractivity contribution is 6.31. The van der Waals surface area contributed by atoms with Crippen molar-refractivity contribution in [3.8, 4) is 0 Å². The minimum absolute atomic E-state index is 0.0155. The van der Waals surface area contributed by atoms with Gasteiger partial charge in [0.1, 0.15) is 17.7 Å². The summed E-state index contributed by atoms with van der Waals surface area (Å²) in [6.45, 7) is 7.47. The summed E-state index contributed by atoms with van der Waals surface area (Å²) in [7, 11) is 1.39. The lowest BCUT2D eigenvalue weighted by molar-refractivity contribution is -0.142. The molecular weight excluding hydrogens is 492 g/mol. The first-order valence-electron chi connectivity index (χ1n) is 12.4. The fourth-order valence-electron chi connectivity index (χ4n) is 4.31. The van der Waals surface area contributed by atoms with Crippen LogP contribution in [0.4, 0.5) is 10.6 Å². The average molecular weight is 525 g/mol. The molecule has 3 aromatic rings. The van der Waals surface area contributed by atoms with Gasteiger partial charge in [-0.25, -0.2) is 19.6 Å². The number of halogens is 1. The fraction of sp³-hybridized carbons (Fsp3) is 0.407. The Labute approximate surface area is 222 Å². The number of hydrogen-bond donors (Lipinski definition) is 2. The molecule has 0 aliphatic carbocycles. The lowest BCUT2D eigenvalue weighted by atomic mass is 10.0. The lowest BCUT2D eigenvalue weighted by Crippen LogP contribution is -2.51. The number of anilines is 1. The van der Waals surface area contributed by atoms with Crippen LogP contribution in [0.2, 0.25) is 5.02 Å². The van der Waals surface area contributed by atoms with E-state index in [-0.39, 0.29) is 17.9 Å². The maximum atomic E-state index is 12.7. The smallest absolute Gasteiger partial charge is 0.328 e. The number of hydrogen-bond acceptors (Lipinski definition) is 7. The second-order valence-electron chi connectivity index (χ2n) is 9.41. The molecule has 2 heterocycles. The van der Waals surface area contributed by atoms with Gasteiger partial charge in [0.15, 0.2) is 0 Å². The molecule has 2 amide bonds. The van der Waals surface area contributed by atoms with Crippen molar-refractivity contribution in [2.75, 3.05) is 38.6 Å². The first-order chi connectivity index (χ1) is 17.9. The van der Waals surface area contributed by atoms with Crippen LogP contribution in [0.5, 0.6) is 0 Å². The van der Waals surface area contributed by atoms with Crippen molar-refractivity contribution >= 4 is 40.3 Å². The van der Waals surface area contributed by atoms with E-state index in [1.165, 1.54) is 7.11 Å². The number of ether oxygens (including phenoxy) is 1. The first-order valence-corrected chi connectivity index (χ1v) is 12.8. The van der Waals surface area contributed by atoms with Crippen LogP contribution in [0.1, 0.15) is 25.2 Å². The number of amides is 2. The highest BCUT2D eigenvalue weighted by Crippen LogP contribution is 2.23. The molecule has 1 aromatic heterocycles. The molecule has 1 fully saturated rings. The molecule has 1 aliphatic heterocycles. The maximum Gasteiger partial charge on any atom is 0.328 e. The lowest BCUT2D eigenvalue weighted by Gasteiger charge is -2.34. The Bertz CT molecular complexity index is 1250. The van der Waals surface area contributed by atoms with Crippen LogP contribution in [0.25, 0.3) is 10.9 Å². The number of carbonyl (C=O) groups is 2. The first kappa shape index (κ1) is 26.6. The van der Waals surface area contributed by atoms with Crippen molar-refractivity contribution in [1.82, 2.24) is 25.1 Å². The third-order valence-corrected chi connectivity index (χ3v) is 6.84. The molecule has 2 aromatic carbocycles. The van der Waals surface area contributed by atoms with Gasteiger partial charge in [-0.3, -0.25) is 4.90 Å². The highest BCUT2D eigenvalue weighted by Gasteiger charge is 2.25. The molecular formula is C27H33ClN6O3. The van der Waals surface area contributed by atoms with E-state index in [0.29, 0.717) is 55.9 Å². The largest absolute Gasteiger partial charge is 0.467 e. The Morgan fingerprint density at radius 2 is 1.73 bits per heavy atom. The van der Waals surface area contributed by atoms with Gasteiger partial charge in [0.2, 0.25) is 0 Å². The number of piperazine rings is 1. The third kappa shape index (κ3) is 6.67. The number of fused-ring (bicyclic) bond motifs is 1.